The predicted octanol–water partition coefficient (Wildman–Crippen LogP) is 2.73. The molecule has 1 saturated heterocycles. The lowest BCUT2D eigenvalue weighted by Gasteiger charge is -2.23. The van der Waals surface area contributed by atoms with Gasteiger partial charge in [0.05, 0.1) is 4.88 Å². The van der Waals surface area contributed by atoms with Crippen LogP contribution in [0, 0.1) is 0 Å². The van der Waals surface area contributed by atoms with Crippen LogP contribution >= 0.6 is 11.3 Å². The third-order valence-corrected chi connectivity index (χ3v) is 4.82. The molecule has 3 rings (SSSR count). The average Bonchev–Trinajstić information content (AvgIpc) is 3.04. The average molecular weight is 274 g/mol. The van der Waals surface area contributed by atoms with E-state index in [1.165, 1.54) is 10.1 Å². The van der Waals surface area contributed by atoms with Gasteiger partial charge in [-0.25, -0.2) is 0 Å². The highest BCUT2D eigenvalue weighted by molar-refractivity contribution is 7.20. The zero-order valence-electron chi connectivity index (χ0n) is 11.1. The number of hydrogen-bond donors (Lipinski definition) is 1. The minimum absolute atomic E-state index is 0.193. The van der Waals surface area contributed by atoms with E-state index < -0.39 is 0 Å². The molecule has 1 unspecified atom stereocenters. The lowest BCUT2D eigenvalue weighted by Crippen LogP contribution is -2.40. The smallest absolute Gasteiger partial charge is 0.264 e. The summed E-state index contributed by atoms with van der Waals surface area (Å²) in [4.78, 5) is 15.5. The molecule has 0 saturated carbocycles. The second-order valence-corrected chi connectivity index (χ2v) is 6.08. The van der Waals surface area contributed by atoms with Gasteiger partial charge in [-0.2, -0.15) is 0 Å². The Morgan fingerprint density at radius 3 is 3.11 bits per heavy atom. The maximum Gasteiger partial charge on any atom is 0.264 e. The molecule has 1 amide bonds. The molecule has 0 radical (unpaired) electrons. The summed E-state index contributed by atoms with van der Waals surface area (Å²) >= 11 is 1.60. The van der Waals surface area contributed by atoms with Crippen LogP contribution in [0.1, 0.15) is 22.5 Å². The molecule has 0 aliphatic carbocycles. The van der Waals surface area contributed by atoms with Crippen molar-refractivity contribution >= 4 is 27.3 Å². The van der Waals surface area contributed by atoms with Crippen molar-refractivity contribution < 1.29 is 4.79 Å². The molecule has 2 aromatic rings. The molecule has 1 N–H and O–H groups in total. The number of fused-ring (bicyclic) bond motifs is 1. The van der Waals surface area contributed by atoms with Crippen molar-refractivity contribution in [2.75, 3.05) is 20.1 Å². The Morgan fingerprint density at radius 2 is 2.32 bits per heavy atom. The highest BCUT2D eigenvalue weighted by Crippen LogP contribution is 2.28. The second-order valence-electron chi connectivity index (χ2n) is 5.00. The number of thiophene rings is 1. The highest BCUT2D eigenvalue weighted by Gasteiger charge is 2.29. The lowest BCUT2D eigenvalue weighted by atomic mass is 10.2. The van der Waals surface area contributed by atoms with Gasteiger partial charge in [-0.15, -0.1) is 11.3 Å². The summed E-state index contributed by atoms with van der Waals surface area (Å²) in [6, 6.07) is 10.6. The first-order chi connectivity index (χ1) is 9.29. The number of likely N-dealkylation sites (tertiary alicyclic amines) is 1. The number of hydrogen-bond acceptors (Lipinski definition) is 3. The van der Waals surface area contributed by atoms with Gasteiger partial charge in [0.15, 0.2) is 0 Å². The monoisotopic (exact) mass is 274 g/mol. The van der Waals surface area contributed by atoms with Gasteiger partial charge in [0.2, 0.25) is 0 Å². The van der Waals surface area contributed by atoms with Crippen molar-refractivity contribution in [1.82, 2.24) is 10.2 Å². The topological polar surface area (TPSA) is 32.3 Å². The first kappa shape index (κ1) is 12.6. The summed E-state index contributed by atoms with van der Waals surface area (Å²) in [6.45, 7) is 1.77. The Hall–Kier alpha value is -1.39. The molecular weight excluding hydrogens is 256 g/mol. The van der Waals surface area contributed by atoms with Crippen LogP contribution in [0.5, 0.6) is 0 Å². The van der Waals surface area contributed by atoms with Gasteiger partial charge in [0.1, 0.15) is 0 Å². The summed E-state index contributed by atoms with van der Waals surface area (Å²) in [5.74, 6) is 0.193. The van der Waals surface area contributed by atoms with Crippen LogP contribution in [0.2, 0.25) is 0 Å². The SMILES string of the molecule is CNCC1CCCN1C(=O)c1cc2ccccc2s1. The minimum Gasteiger partial charge on any atom is -0.334 e. The molecule has 3 nitrogen and oxygen atoms in total. The highest BCUT2D eigenvalue weighted by atomic mass is 32.1. The molecule has 1 atom stereocenters. The molecule has 100 valence electrons. The maximum atomic E-state index is 12.6. The van der Waals surface area contributed by atoms with Crippen LogP contribution in [-0.4, -0.2) is 37.0 Å². The van der Waals surface area contributed by atoms with E-state index in [2.05, 4.69) is 17.4 Å². The predicted molar refractivity (Wildman–Crippen MR) is 79.8 cm³/mol. The van der Waals surface area contributed by atoms with Crippen molar-refractivity contribution in [3.8, 4) is 0 Å². The van der Waals surface area contributed by atoms with Crippen molar-refractivity contribution in [3.05, 3.63) is 35.2 Å². The second kappa shape index (κ2) is 5.31. The summed E-state index contributed by atoms with van der Waals surface area (Å²) < 4.78 is 1.19. The van der Waals surface area contributed by atoms with E-state index in [1.54, 1.807) is 11.3 Å². The Bertz CT molecular complexity index is 560. The molecule has 2 heterocycles. The van der Waals surface area contributed by atoms with Gasteiger partial charge in [0, 0.05) is 23.8 Å². The summed E-state index contributed by atoms with van der Waals surface area (Å²) in [5.41, 5.74) is 0. The van der Waals surface area contributed by atoms with Crippen LogP contribution in [0.25, 0.3) is 10.1 Å². The number of benzene rings is 1. The third-order valence-electron chi connectivity index (χ3n) is 3.71. The standard InChI is InChI=1S/C15H18N2OS/c1-16-10-12-6-4-8-17(12)15(18)14-9-11-5-2-3-7-13(11)19-14/h2-3,5,7,9,12,16H,4,6,8,10H2,1H3. The maximum absolute atomic E-state index is 12.6. The molecule has 1 aliphatic rings. The van der Waals surface area contributed by atoms with Crippen LogP contribution in [0.15, 0.2) is 30.3 Å². The fourth-order valence-electron chi connectivity index (χ4n) is 2.78. The Balaban J connectivity index is 1.86. The Morgan fingerprint density at radius 1 is 1.47 bits per heavy atom. The Labute approximate surface area is 117 Å². The normalized spacial score (nSPS) is 19.2. The number of rotatable bonds is 3. The van der Waals surface area contributed by atoms with E-state index in [9.17, 15) is 4.79 Å². The molecular formula is C15H18N2OS. The van der Waals surface area contributed by atoms with Gasteiger partial charge >= 0.3 is 0 Å². The number of nitrogens with one attached hydrogen (secondary N) is 1. The zero-order chi connectivity index (χ0) is 13.2. The summed E-state index contributed by atoms with van der Waals surface area (Å²) in [6.07, 6.45) is 2.22. The number of carbonyl (C=O) groups excluding carboxylic acids is 1. The fourth-order valence-corrected chi connectivity index (χ4v) is 3.80. The molecule has 1 aliphatic heterocycles. The Kier molecular flexibility index (Phi) is 3.53. The summed E-state index contributed by atoms with van der Waals surface area (Å²) in [5, 5.41) is 4.35. The quantitative estimate of drug-likeness (QED) is 0.933. The minimum atomic E-state index is 0.193. The van der Waals surface area contributed by atoms with Crippen molar-refractivity contribution in [1.29, 1.82) is 0 Å². The van der Waals surface area contributed by atoms with E-state index in [-0.39, 0.29) is 5.91 Å². The van der Waals surface area contributed by atoms with Crippen molar-refractivity contribution in [3.63, 3.8) is 0 Å². The van der Waals surface area contributed by atoms with Crippen LogP contribution in [0.4, 0.5) is 0 Å². The fraction of sp³-hybridized carbons (Fsp3) is 0.400. The molecule has 4 heteroatoms. The van der Waals surface area contributed by atoms with E-state index >= 15 is 0 Å². The van der Waals surface area contributed by atoms with Gasteiger partial charge in [0.25, 0.3) is 5.91 Å². The largest absolute Gasteiger partial charge is 0.334 e. The summed E-state index contributed by atoms with van der Waals surface area (Å²) in [7, 11) is 1.94. The van der Waals surface area contributed by atoms with Gasteiger partial charge in [-0.05, 0) is 37.4 Å². The molecule has 0 bridgehead atoms. The number of likely N-dealkylation sites (N-methyl/N-ethyl adjacent to an activating group) is 1. The molecule has 19 heavy (non-hydrogen) atoms. The molecule has 1 aromatic carbocycles. The van der Waals surface area contributed by atoms with Crippen molar-refractivity contribution in [2.24, 2.45) is 0 Å². The van der Waals surface area contributed by atoms with Crippen LogP contribution < -0.4 is 5.32 Å². The van der Waals surface area contributed by atoms with Crippen LogP contribution in [-0.2, 0) is 0 Å². The van der Waals surface area contributed by atoms with Gasteiger partial charge < -0.3 is 10.2 Å². The van der Waals surface area contributed by atoms with Crippen molar-refractivity contribution in [2.45, 2.75) is 18.9 Å². The first-order valence-electron chi connectivity index (χ1n) is 6.74. The van der Waals surface area contributed by atoms with E-state index in [1.807, 2.05) is 30.1 Å². The number of carbonyl (C=O) groups is 1. The van der Waals surface area contributed by atoms with Gasteiger partial charge in [-0.1, -0.05) is 18.2 Å². The molecule has 1 fully saturated rings. The zero-order valence-corrected chi connectivity index (χ0v) is 11.9. The molecule has 0 spiro atoms. The third kappa shape index (κ3) is 2.38. The number of nitrogens with zero attached hydrogens (tertiary/aromatic N) is 1. The van der Waals surface area contributed by atoms with Crippen LogP contribution in [0.3, 0.4) is 0 Å². The van der Waals surface area contributed by atoms with E-state index in [0.717, 1.165) is 30.8 Å². The molecule has 1 aromatic heterocycles. The first-order valence-corrected chi connectivity index (χ1v) is 7.55. The number of amides is 1. The van der Waals surface area contributed by atoms with E-state index in [4.69, 9.17) is 0 Å². The lowest BCUT2D eigenvalue weighted by molar-refractivity contribution is 0.0742. The van der Waals surface area contributed by atoms with E-state index in [0.29, 0.717) is 6.04 Å². The van der Waals surface area contributed by atoms with Gasteiger partial charge in [-0.3, -0.25) is 4.79 Å².